The number of amides is 1. The molecule has 0 saturated heterocycles. The number of aryl methyl sites for hydroxylation is 1. The Morgan fingerprint density at radius 1 is 1.07 bits per heavy atom. The van der Waals surface area contributed by atoms with E-state index < -0.39 is 0 Å². The molecule has 0 atom stereocenters. The predicted molar refractivity (Wildman–Crippen MR) is 121 cm³/mol. The summed E-state index contributed by atoms with van der Waals surface area (Å²) in [6, 6.07) is 23.6. The summed E-state index contributed by atoms with van der Waals surface area (Å²) in [6.45, 7) is 2.12. The number of nitrogens with zero attached hydrogens (tertiary/aromatic N) is 2. The SMILES string of the molecule is Cc1ccc(NC(=O)Cn2c(CSc3ccccc3)nc3ccccc32)cc1Cl. The number of halogens is 1. The molecule has 29 heavy (non-hydrogen) atoms. The van der Waals surface area contributed by atoms with E-state index >= 15 is 0 Å². The minimum atomic E-state index is -0.112. The lowest BCUT2D eigenvalue weighted by Gasteiger charge is -2.11. The molecule has 0 unspecified atom stereocenters. The smallest absolute Gasteiger partial charge is 0.244 e. The number of fused-ring (bicyclic) bond motifs is 1. The molecule has 4 nitrogen and oxygen atoms in total. The number of aromatic nitrogens is 2. The Hall–Kier alpha value is -2.76. The van der Waals surface area contributed by atoms with Gasteiger partial charge in [-0.1, -0.05) is 48.0 Å². The summed E-state index contributed by atoms with van der Waals surface area (Å²) >= 11 is 7.88. The van der Waals surface area contributed by atoms with E-state index in [1.807, 2.05) is 66.1 Å². The standard InChI is InChI=1S/C23H20ClN3OS/c1-16-11-12-17(13-19(16)24)25-23(28)14-27-21-10-6-5-9-20(21)26-22(27)15-29-18-7-3-2-4-8-18/h2-13H,14-15H2,1H3,(H,25,28). The quantitative estimate of drug-likeness (QED) is 0.392. The molecule has 1 aromatic heterocycles. The van der Waals surface area contributed by atoms with Crippen LogP contribution in [0.3, 0.4) is 0 Å². The van der Waals surface area contributed by atoms with Crippen LogP contribution in [0.2, 0.25) is 5.02 Å². The van der Waals surface area contributed by atoms with Crippen LogP contribution < -0.4 is 5.32 Å². The van der Waals surface area contributed by atoms with E-state index in [1.165, 1.54) is 4.90 Å². The number of benzene rings is 3. The highest BCUT2D eigenvalue weighted by Gasteiger charge is 2.14. The maximum atomic E-state index is 12.7. The molecule has 1 N–H and O–H groups in total. The van der Waals surface area contributed by atoms with Crippen LogP contribution in [-0.4, -0.2) is 15.5 Å². The Bertz CT molecular complexity index is 1160. The monoisotopic (exact) mass is 421 g/mol. The van der Waals surface area contributed by atoms with Gasteiger partial charge in [-0.15, -0.1) is 11.8 Å². The molecule has 146 valence electrons. The number of carbonyl (C=O) groups is 1. The van der Waals surface area contributed by atoms with Crippen molar-refractivity contribution in [3.8, 4) is 0 Å². The summed E-state index contributed by atoms with van der Waals surface area (Å²) < 4.78 is 1.98. The minimum absolute atomic E-state index is 0.112. The highest BCUT2D eigenvalue weighted by atomic mass is 35.5. The van der Waals surface area contributed by atoms with Gasteiger partial charge in [0.25, 0.3) is 0 Å². The first kappa shape index (κ1) is 19.6. The van der Waals surface area contributed by atoms with Crippen molar-refractivity contribution in [2.45, 2.75) is 24.1 Å². The Morgan fingerprint density at radius 3 is 2.62 bits per heavy atom. The van der Waals surface area contributed by atoms with Gasteiger partial charge < -0.3 is 9.88 Å². The average molecular weight is 422 g/mol. The molecule has 0 bridgehead atoms. The maximum Gasteiger partial charge on any atom is 0.244 e. The summed E-state index contributed by atoms with van der Waals surface area (Å²) in [6.07, 6.45) is 0. The predicted octanol–water partition coefficient (Wildman–Crippen LogP) is 5.93. The van der Waals surface area contributed by atoms with Crippen molar-refractivity contribution in [2.75, 3.05) is 5.32 Å². The van der Waals surface area contributed by atoms with Gasteiger partial charge in [-0.05, 0) is 48.9 Å². The Labute approximate surface area is 178 Å². The molecule has 0 aliphatic rings. The van der Waals surface area contributed by atoms with E-state index in [1.54, 1.807) is 17.8 Å². The van der Waals surface area contributed by atoms with E-state index in [-0.39, 0.29) is 12.5 Å². The summed E-state index contributed by atoms with van der Waals surface area (Å²) in [7, 11) is 0. The fourth-order valence-corrected chi connectivity index (χ4v) is 4.14. The van der Waals surface area contributed by atoms with Crippen molar-refractivity contribution >= 4 is 46.0 Å². The van der Waals surface area contributed by atoms with Crippen LogP contribution >= 0.6 is 23.4 Å². The molecule has 0 fully saturated rings. The van der Waals surface area contributed by atoms with Crippen molar-refractivity contribution in [1.29, 1.82) is 0 Å². The van der Waals surface area contributed by atoms with Crippen LogP contribution in [0.1, 0.15) is 11.4 Å². The average Bonchev–Trinajstić information content (AvgIpc) is 3.07. The minimum Gasteiger partial charge on any atom is -0.324 e. The van der Waals surface area contributed by atoms with Gasteiger partial charge in [-0.25, -0.2) is 4.98 Å². The lowest BCUT2D eigenvalue weighted by molar-refractivity contribution is -0.116. The lowest BCUT2D eigenvalue weighted by Crippen LogP contribution is -2.20. The van der Waals surface area contributed by atoms with E-state index in [0.717, 1.165) is 22.4 Å². The molecule has 0 spiro atoms. The van der Waals surface area contributed by atoms with Gasteiger partial charge in [0, 0.05) is 15.6 Å². The van der Waals surface area contributed by atoms with E-state index in [0.29, 0.717) is 16.5 Å². The highest BCUT2D eigenvalue weighted by Crippen LogP contribution is 2.25. The van der Waals surface area contributed by atoms with E-state index in [2.05, 4.69) is 17.4 Å². The van der Waals surface area contributed by atoms with E-state index in [9.17, 15) is 4.79 Å². The van der Waals surface area contributed by atoms with Gasteiger partial charge in [0.2, 0.25) is 5.91 Å². The van der Waals surface area contributed by atoms with Crippen molar-refractivity contribution in [3.63, 3.8) is 0 Å². The second kappa shape index (κ2) is 8.72. The highest BCUT2D eigenvalue weighted by molar-refractivity contribution is 7.98. The summed E-state index contributed by atoms with van der Waals surface area (Å²) in [5.74, 6) is 1.44. The van der Waals surface area contributed by atoms with Crippen LogP contribution in [0.15, 0.2) is 77.7 Å². The Morgan fingerprint density at radius 2 is 1.83 bits per heavy atom. The molecular formula is C23H20ClN3OS. The van der Waals surface area contributed by atoms with Crippen molar-refractivity contribution in [3.05, 3.63) is 89.2 Å². The molecule has 6 heteroatoms. The summed E-state index contributed by atoms with van der Waals surface area (Å²) in [5, 5.41) is 3.57. The number of hydrogen-bond donors (Lipinski definition) is 1. The number of hydrogen-bond acceptors (Lipinski definition) is 3. The van der Waals surface area contributed by atoms with Gasteiger partial charge in [0.1, 0.15) is 12.4 Å². The number of nitrogens with one attached hydrogen (secondary N) is 1. The van der Waals surface area contributed by atoms with E-state index in [4.69, 9.17) is 16.6 Å². The molecule has 0 aliphatic heterocycles. The first-order valence-corrected chi connectivity index (χ1v) is 10.6. The third kappa shape index (κ3) is 4.63. The number of anilines is 1. The second-order valence-corrected chi connectivity index (χ2v) is 8.17. The fraction of sp³-hybridized carbons (Fsp3) is 0.130. The van der Waals surface area contributed by atoms with Gasteiger partial charge in [-0.3, -0.25) is 4.79 Å². The summed E-state index contributed by atoms with van der Waals surface area (Å²) in [5.41, 5.74) is 3.51. The van der Waals surface area contributed by atoms with Crippen LogP contribution in [0.5, 0.6) is 0 Å². The molecule has 1 amide bonds. The number of rotatable bonds is 6. The normalized spacial score (nSPS) is 11.0. The third-order valence-corrected chi connectivity index (χ3v) is 6.02. The van der Waals surface area contributed by atoms with Gasteiger partial charge >= 0.3 is 0 Å². The van der Waals surface area contributed by atoms with Gasteiger partial charge in [-0.2, -0.15) is 0 Å². The molecular weight excluding hydrogens is 402 g/mol. The Kier molecular flexibility index (Phi) is 5.88. The molecule has 0 radical (unpaired) electrons. The number of imidazole rings is 1. The fourth-order valence-electron chi connectivity index (χ4n) is 3.09. The first-order chi connectivity index (χ1) is 14.1. The largest absolute Gasteiger partial charge is 0.324 e. The van der Waals surface area contributed by atoms with Crippen LogP contribution in [0.25, 0.3) is 11.0 Å². The van der Waals surface area contributed by atoms with Crippen molar-refractivity contribution in [2.24, 2.45) is 0 Å². The van der Waals surface area contributed by atoms with Gasteiger partial charge in [0.05, 0.1) is 16.8 Å². The number of carbonyl (C=O) groups excluding carboxylic acids is 1. The number of para-hydroxylation sites is 2. The zero-order valence-corrected chi connectivity index (χ0v) is 17.5. The summed E-state index contributed by atoms with van der Waals surface area (Å²) in [4.78, 5) is 18.7. The van der Waals surface area contributed by atoms with Crippen LogP contribution in [0.4, 0.5) is 5.69 Å². The third-order valence-electron chi connectivity index (χ3n) is 4.60. The molecule has 4 rings (SSSR count). The van der Waals surface area contributed by atoms with Crippen molar-refractivity contribution in [1.82, 2.24) is 9.55 Å². The first-order valence-electron chi connectivity index (χ1n) is 9.28. The molecule has 3 aromatic carbocycles. The molecule has 0 saturated carbocycles. The topological polar surface area (TPSA) is 46.9 Å². The second-order valence-electron chi connectivity index (χ2n) is 6.72. The lowest BCUT2D eigenvalue weighted by atomic mass is 10.2. The zero-order valence-electron chi connectivity index (χ0n) is 15.9. The van der Waals surface area contributed by atoms with Crippen LogP contribution in [-0.2, 0) is 17.1 Å². The van der Waals surface area contributed by atoms with Crippen LogP contribution in [0, 0.1) is 6.92 Å². The van der Waals surface area contributed by atoms with Crippen molar-refractivity contribution < 1.29 is 4.79 Å². The van der Waals surface area contributed by atoms with Gasteiger partial charge in [0.15, 0.2) is 0 Å². The molecule has 4 aromatic rings. The zero-order chi connectivity index (χ0) is 20.2. The maximum absolute atomic E-state index is 12.7. The molecule has 1 heterocycles. The number of thioether (sulfide) groups is 1. The Balaban J connectivity index is 1.56. The molecule has 0 aliphatic carbocycles.